The topological polar surface area (TPSA) is 44.1 Å². The molecule has 5 heteroatoms. The van der Waals surface area contributed by atoms with Gasteiger partial charge < -0.3 is 4.74 Å². The Kier molecular flexibility index (Phi) is 4.04. The first-order chi connectivity index (χ1) is 6.93. The Labute approximate surface area is 97.4 Å². The molecule has 1 heterocycles. The first kappa shape index (κ1) is 12.4. The van der Waals surface area contributed by atoms with Crippen LogP contribution in [0.15, 0.2) is 9.27 Å². The fourth-order valence-electron chi connectivity index (χ4n) is 1.15. The van der Waals surface area contributed by atoms with Crippen LogP contribution in [0.2, 0.25) is 0 Å². The number of nitrogens with zero attached hydrogens (tertiary/aromatic N) is 2. The zero-order valence-corrected chi connectivity index (χ0v) is 11.0. The van der Waals surface area contributed by atoms with Crippen LogP contribution in [0.25, 0.3) is 0 Å². The highest BCUT2D eigenvalue weighted by molar-refractivity contribution is 9.10. The first-order valence-corrected chi connectivity index (χ1v) is 5.58. The van der Waals surface area contributed by atoms with Crippen molar-refractivity contribution in [2.75, 3.05) is 0 Å². The predicted octanol–water partition coefficient (Wildman–Crippen LogP) is 2.01. The molecule has 0 saturated carbocycles. The van der Waals surface area contributed by atoms with Gasteiger partial charge in [-0.1, -0.05) is 0 Å². The second-order valence-corrected chi connectivity index (χ2v) is 4.44. The minimum Gasteiger partial charge on any atom is -0.358 e. The second kappa shape index (κ2) is 4.90. The Morgan fingerprint density at radius 2 is 2.07 bits per heavy atom. The van der Waals surface area contributed by atoms with E-state index in [2.05, 4.69) is 20.9 Å². The van der Waals surface area contributed by atoms with Crippen LogP contribution >= 0.6 is 15.9 Å². The van der Waals surface area contributed by atoms with E-state index in [1.165, 1.54) is 4.57 Å². The second-order valence-electron chi connectivity index (χ2n) is 3.65. The lowest BCUT2D eigenvalue weighted by molar-refractivity contribution is 0.0249. The van der Waals surface area contributed by atoms with Crippen LogP contribution in [0.3, 0.4) is 0 Å². The van der Waals surface area contributed by atoms with Crippen LogP contribution in [-0.2, 0) is 11.5 Å². The van der Waals surface area contributed by atoms with Gasteiger partial charge in [-0.05, 0) is 43.6 Å². The third-order valence-electron chi connectivity index (χ3n) is 2.07. The van der Waals surface area contributed by atoms with E-state index in [9.17, 15) is 4.79 Å². The van der Waals surface area contributed by atoms with Gasteiger partial charge in [0.05, 0.1) is 16.3 Å². The lowest BCUT2D eigenvalue weighted by Gasteiger charge is -2.13. The summed E-state index contributed by atoms with van der Waals surface area (Å²) in [6.07, 6.45) is 0.0939. The molecule has 1 aromatic heterocycles. The number of halogens is 1. The molecule has 0 aliphatic carbocycles. The fraction of sp³-hybridized carbons (Fsp3) is 0.600. The van der Waals surface area contributed by atoms with Crippen LogP contribution in [0, 0.1) is 13.8 Å². The van der Waals surface area contributed by atoms with Gasteiger partial charge in [-0.3, -0.25) is 4.57 Å². The Morgan fingerprint density at radius 3 is 2.60 bits per heavy atom. The maximum atomic E-state index is 11.6. The van der Waals surface area contributed by atoms with Crippen molar-refractivity contribution in [2.24, 2.45) is 0 Å². The van der Waals surface area contributed by atoms with Gasteiger partial charge in [0.2, 0.25) is 0 Å². The average molecular weight is 275 g/mol. The van der Waals surface area contributed by atoms with E-state index >= 15 is 0 Å². The van der Waals surface area contributed by atoms with Crippen LogP contribution in [0.5, 0.6) is 0 Å². The molecule has 0 saturated heterocycles. The van der Waals surface area contributed by atoms with Gasteiger partial charge in [0.15, 0.2) is 0 Å². The van der Waals surface area contributed by atoms with E-state index in [1.54, 1.807) is 6.92 Å². The smallest absolute Gasteiger partial charge is 0.349 e. The minimum atomic E-state index is -0.270. The molecule has 0 fully saturated rings. The fourth-order valence-corrected chi connectivity index (χ4v) is 1.46. The summed E-state index contributed by atoms with van der Waals surface area (Å²) in [5, 5.41) is 0. The number of rotatable bonds is 3. The summed E-state index contributed by atoms with van der Waals surface area (Å²) in [4.78, 5) is 15.5. The van der Waals surface area contributed by atoms with Gasteiger partial charge in [-0.2, -0.15) is 4.98 Å². The number of aromatic nitrogens is 2. The Balaban J connectivity index is 3.07. The molecule has 0 spiro atoms. The van der Waals surface area contributed by atoms with Crippen LogP contribution in [0.4, 0.5) is 0 Å². The monoisotopic (exact) mass is 274 g/mol. The van der Waals surface area contributed by atoms with Crippen molar-refractivity contribution in [1.29, 1.82) is 0 Å². The third kappa shape index (κ3) is 2.89. The van der Waals surface area contributed by atoms with Crippen molar-refractivity contribution in [2.45, 2.75) is 40.5 Å². The molecule has 0 atom stereocenters. The van der Waals surface area contributed by atoms with Crippen LogP contribution in [-0.4, -0.2) is 15.7 Å². The van der Waals surface area contributed by atoms with Crippen molar-refractivity contribution in [3.63, 3.8) is 0 Å². The maximum absolute atomic E-state index is 11.6. The molecule has 0 aliphatic heterocycles. The quantitative estimate of drug-likeness (QED) is 0.847. The summed E-state index contributed by atoms with van der Waals surface area (Å²) in [7, 11) is 0. The SMILES string of the molecule is Cc1nc(=O)n(COC(C)C)c(C)c1Br. The summed E-state index contributed by atoms with van der Waals surface area (Å²) in [6.45, 7) is 7.76. The lowest BCUT2D eigenvalue weighted by atomic mass is 10.3. The molecule has 84 valence electrons. The summed E-state index contributed by atoms with van der Waals surface area (Å²) in [5.41, 5.74) is 1.28. The molecule has 15 heavy (non-hydrogen) atoms. The van der Waals surface area contributed by atoms with E-state index < -0.39 is 0 Å². The van der Waals surface area contributed by atoms with E-state index in [0.29, 0.717) is 5.69 Å². The highest BCUT2D eigenvalue weighted by atomic mass is 79.9. The summed E-state index contributed by atoms with van der Waals surface area (Å²) in [5.74, 6) is 0. The molecular weight excluding hydrogens is 260 g/mol. The molecular formula is C10H15BrN2O2. The molecule has 0 aliphatic rings. The van der Waals surface area contributed by atoms with E-state index in [1.807, 2.05) is 20.8 Å². The van der Waals surface area contributed by atoms with E-state index in [-0.39, 0.29) is 18.5 Å². The normalized spacial score (nSPS) is 11.1. The Hall–Kier alpha value is -0.680. The average Bonchev–Trinajstić information content (AvgIpc) is 2.14. The summed E-state index contributed by atoms with van der Waals surface area (Å²) >= 11 is 3.39. The number of ether oxygens (including phenoxy) is 1. The maximum Gasteiger partial charge on any atom is 0.349 e. The molecule has 0 bridgehead atoms. The predicted molar refractivity (Wildman–Crippen MR) is 61.9 cm³/mol. The van der Waals surface area contributed by atoms with Crippen molar-refractivity contribution in [3.8, 4) is 0 Å². The largest absolute Gasteiger partial charge is 0.358 e. The van der Waals surface area contributed by atoms with E-state index in [0.717, 1.165) is 10.2 Å². The van der Waals surface area contributed by atoms with Gasteiger partial charge in [-0.15, -0.1) is 0 Å². The molecule has 0 amide bonds. The Bertz CT molecular complexity index is 413. The number of aryl methyl sites for hydroxylation is 1. The number of hydrogen-bond donors (Lipinski definition) is 0. The van der Waals surface area contributed by atoms with Crippen LogP contribution in [0.1, 0.15) is 25.2 Å². The molecule has 0 N–H and O–H groups in total. The highest BCUT2D eigenvalue weighted by Gasteiger charge is 2.09. The molecule has 1 aromatic rings. The van der Waals surface area contributed by atoms with Crippen molar-refractivity contribution in [3.05, 3.63) is 26.3 Å². The van der Waals surface area contributed by atoms with Crippen molar-refractivity contribution >= 4 is 15.9 Å². The Morgan fingerprint density at radius 1 is 1.47 bits per heavy atom. The lowest BCUT2D eigenvalue weighted by Crippen LogP contribution is -2.28. The van der Waals surface area contributed by atoms with Crippen LogP contribution < -0.4 is 5.69 Å². The number of hydrogen-bond acceptors (Lipinski definition) is 3. The third-order valence-corrected chi connectivity index (χ3v) is 3.22. The molecule has 0 radical (unpaired) electrons. The van der Waals surface area contributed by atoms with Gasteiger partial charge >= 0.3 is 5.69 Å². The van der Waals surface area contributed by atoms with Gasteiger partial charge in [0, 0.05) is 5.69 Å². The van der Waals surface area contributed by atoms with E-state index in [4.69, 9.17) is 4.74 Å². The van der Waals surface area contributed by atoms with Gasteiger partial charge in [-0.25, -0.2) is 4.79 Å². The van der Waals surface area contributed by atoms with Crippen molar-refractivity contribution in [1.82, 2.24) is 9.55 Å². The molecule has 4 nitrogen and oxygen atoms in total. The highest BCUT2D eigenvalue weighted by Crippen LogP contribution is 2.16. The molecule has 1 rings (SSSR count). The van der Waals surface area contributed by atoms with Gasteiger partial charge in [0.1, 0.15) is 6.73 Å². The minimum absolute atomic E-state index is 0.0939. The molecule has 0 aromatic carbocycles. The first-order valence-electron chi connectivity index (χ1n) is 4.78. The van der Waals surface area contributed by atoms with Crippen molar-refractivity contribution < 1.29 is 4.74 Å². The summed E-state index contributed by atoms with van der Waals surface area (Å²) < 4.78 is 7.75. The standard InChI is InChI=1S/C10H15BrN2O2/c1-6(2)15-5-13-8(4)9(11)7(3)12-10(13)14/h6H,5H2,1-4H3. The molecule has 0 unspecified atom stereocenters. The summed E-state index contributed by atoms with van der Waals surface area (Å²) in [6, 6.07) is 0. The zero-order chi connectivity index (χ0) is 11.6. The zero-order valence-electron chi connectivity index (χ0n) is 9.37. The van der Waals surface area contributed by atoms with Gasteiger partial charge in [0.25, 0.3) is 0 Å².